The summed E-state index contributed by atoms with van der Waals surface area (Å²) < 4.78 is 45.4. The SMILES string of the molecule is CC1CCN(Cc2ccc(C#Cc3cc4c(c(C(F)(F)F)c3)CN(C(C(=O)Nc3nccs3)c3ncn5c3CCC5)C4=O)cc2)CC1. The van der Waals surface area contributed by atoms with Crippen molar-refractivity contribution >= 4 is 28.3 Å². The molecule has 1 atom stereocenters. The van der Waals surface area contributed by atoms with Gasteiger partial charge in [0.2, 0.25) is 0 Å². The molecule has 0 aliphatic carbocycles. The van der Waals surface area contributed by atoms with Crippen LogP contribution in [-0.2, 0) is 37.0 Å². The number of carbonyl (C=O) groups excluding carboxylic acids is 2. The van der Waals surface area contributed by atoms with Crippen molar-refractivity contribution in [2.45, 2.75) is 64.5 Å². The molecule has 12 heteroatoms. The molecule has 2 aromatic heterocycles. The molecule has 242 valence electrons. The molecule has 1 saturated heterocycles. The quantitative estimate of drug-likeness (QED) is 0.247. The van der Waals surface area contributed by atoms with Crippen LogP contribution in [0.15, 0.2) is 54.3 Å². The molecule has 0 spiro atoms. The predicted octanol–water partition coefficient (Wildman–Crippen LogP) is 6.27. The lowest BCUT2D eigenvalue weighted by molar-refractivity contribution is -0.138. The van der Waals surface area contributed by atoms with Crippen LogP contribution in [0.2, 0.25) is 0 Å². The van der Waals surface area contributed by atoms with Gasteiger partial charge in [-0.3, -0.25) is 19.8 Å². The zero-order valence-electron chi connectivity index (χ0n) is 25.8. The second-order valence-corrected chi connectivity index (χ2v) is 13.4. The molecule has 5 heterocycles. The first-order valence-electron chi connectivity index (χ1n) is 15.8. The highest BCUT2D eigenvalue weighted by atomic mass is 32.1. The number of alkyl halides is 3. The predicted molar refractivity (Wildman–Crippen MR) is 171 cm³/mol. The molecule has 3 aliphatic rings. The van der Waals surface area contributed by atoms with E-state index in [2.05, 4.69) is 38.9 Å². The number of nitrogens with zero attached hydrogens (tertiary/aromatic N) is 5. The Balaban J connectivity index is 1.17. The standard InChI is InChI=1S/C35H33F3N6O2S/c1-22-10-14-42(15-11-22)19-24-7-4-23(5-8-24)6-9-25-17-26-27(28(18-25)35(36,37)38)20-44(33(26)46)31(32(45)41-34-39-12-16-47-34)30-29-3-2-13-43(29)21-40-30/h4-5,7-8,12,16-18,21-22,31H,2-3,10-11,13-15,19-20H2,1H3,(H,39,41,45). The monoisotopic (exact) mass is 658 g/mol. The van der Waals surface area contributed by atoms with E-state index >= 15 is 0 Å². The van der Waals surface area contributed by atoms with E-state index in [0.717, 1.165) is 55.8 Å². The average molecular weight is 659 g/mol. The van der Waals surface area contributed by atoms with Crippen LogP contribution in [0.3, 0.4) is 0 Å². The number of likely N-dealkylation sites (tertiary alicyclic amines) is 1. The van der Waals surface area contributed by atoms with E-state index in [-0.39, 0.29) is 16.7 Å². The van der Waals surface area contributed by atoms with Crippen molar-refractivity contribution in [2.75, 3.05) is 18.4 Å². The Morgan fingerprint density at radius 3 is 2.57 bits per heavy atom. The van der Waals surface area contributed by atoms with Crippen molar-refractivity contribution in [1.82, 2.24) is 24.3 Å². The Morgan fingerprint density at radius 1 is 1.09 bits per heavy atom. The minimum Gasteiger partial charge on any atom is -0.334 e. The van der Waals surface area contributed by atoms with Crippen molar-refractivity contribution < 1.29 is 22.8 Å². The number of aryl methyl sites for hydroxylation is 1. The molecule has 8 nitrogen and oxygen atoms in total. The lowest BCUT2D eigenvalue weighted by Crippen LogP contribution is -2.38. The summed E-state index contributed by atoms with van der Waals surface area (Å²) >= 11 is 1.20. The molecule has 7 rings (SSSR count). The number of thiazole rings is 1. The Labute approximate surface area is 274 Å². The van der Waals surface area contributed by atoms with E-state index in [1.807, 2.05) is 28.8 Å². The van der Waals surface area contributed by atoms with E-state index in [1.165, 1.54) is 41.3 Å². The first kappa shape index (κ1) is 31.1. The topological polar surface area (TPSA) is 83.4 Å². The minimum atomic E-state index is -4.74. The third-order valence-corrected chi connectivity index (χ3v) is 9.92. The maximum absolute atomic E-state index is 14.5. The number of carbonyl (C=O) groups is 2. The van der Waals surface area contributed by atoms with Crippen LogP contribution in [0.1, 0.15) is 81.8 Å². The molecule has 3 aliphatic heterocycles. The third-order valence-electron chi connectivity index (χ3n) is 9.24. The summed E-state index contributed by atoms with van der Waals surface area (Å²) in [6, 6.07) is 8.89. The molecule has 4 aromatic rings. The summed E-state index contributed by atoms with van der Waals surface area (Å²) in [5.74, 6) is 5.32. The molecule has 0 saturated carbocycles. The fraction of sp³-hybridized carbons (Fsp3) is 0.371. The van der Waals surface area contributed by atoms with E-state index in [1.54, 1.807) is 11.7 Å². The molecule has 1 N–H and O–H groups in total. The molecular weight excluding hydrogens is 625 g/mol. The average Bonchev–Trinajstić information content (AvgIpc) is 3.85. The van der Waals surface area contributed by atoms with Gasteiger partial charge in [-0.15, -0.1) is 11.3 Å². The van der Waals surface area contributed by atoms with Crippen LogP contribution in [0.4, 0.5) is 18.3 Å². The van der Waals surface area contributed by atoms with Crippen LogP contribution in [0.25, 0.3) is 0 Å². The van der Waals surface area contributed by atoms with Gasteiger partial charge in [-0.05, 0) is 80.1 Å². The smallest absolute Gasteiger partial charge is 0.334 e. The first-order chi connectivity index (χ1) is 22.6. The first-order valence-corrected chi connectivity index (χ1v) is 16.6. The Kier molecular flexibility index (Phi) is 8.36. The maximum Gasteiger partial charge on any atom is 0.416 e. The number of nitrogens with one attached hydrogen (secondary N) is 1. The fourth-order valence-electron chi connectivity index (χ4n) is 6.68. The van der Waals surface area contributed by atoms with Gasteiger partial charge in [-0.25, -0.2) is 9.97 Å². The summed E-state index contributed by atoms with van der Waals surface area (Å²) in [4.78, 5) is 39.8. The number of fused-ring (bicyclic) bond motifs is 2. The normalized spacial score (nSPS) is 17.3. The number of hydrogen-bond donors (Lipinski definition) is 1. The number of benzene rings is 2. The van der Waals surface area contributed by atoms with Crippen LogP contribution >= 0.6 is 11.3 Å². The fourth-order valence-corrected chi connectivity index (χ4v) is 7.22. The number of imidazole rings is 1. The third kappa shape index (κ3) is 6.42. The van der Waals surface area contributed by atoms with E-state index in [0.29, 0.717) is 22.8 Å². The number of amides is 2. The lowest BCUT2D eigenvalue weighted by atomic mass is 9.98. The second-order valence-electron chi connectivity index (χ2n) is 12.5. The number of aromatic nitrogens is 3. The summed E-state index contributed by atoms with van der Waals surface area (Å²) in [6.45, 7) is 5.60. The van der Waals surface area contributed by atoms with Crippen LogP contribution in [0.5, 0.6) is 0 Å². The minimum absolute atomic E-state index is 0.0736. The summed E-state index contributed by atoms with van der Waals surface area (Å²) in [6.07, 6.45) is 2.29. The molecule has 1 unspecified atom stereocenters. The van der Waals surface area contributed by atoms with Crippen LogP contribution in [-0.4, -0.2) is 49.2 Å². The molecular formula is C35H33F3N6O2S. The van der Waals surface area contributed by atoms with Gasteiger partial charge in [0.25, 0.3) is 11.8 Å². The van der Waals surface area contributed by atoms with Crippen molar-refractivity contribution in [1.29, 1.82) is 0 Å². The highest BCUT2D eigenvalue weighted by Gasteiger charge is 2.45. The molecule has 0 radical (unpaired) electrons. The van der Waals surface area contributed by atoms with Gasteiger partial charge in [-0.1, -0.05) is 30.9 Å². The van der Waals surface area contributed by atoms with Gasteiger partial charge in [0.05, 0.1) is 17.6 Å². The maximum atomic E-state index is 14.5. The molecule has 47 heavy (non-hydrogen) atoms. The summed E-state index contributed by atoms with van der Waals surface area (Å²) in [7, 11) is 0. The number of piperidine rings is 1. The molecule has 0 bridgehead atoms. The van der Waals surface area contributed by atoms with Gasteiger partial charge in [0.1, 0.15) is 0 Å². The highest BCUT2D eigenvalue weighted by Crippen LogP contribution is 2.41. The van der Waals surface area contributed by atoms with Gasteiger partial charge in [0, 0.05) is 53.6 Å². The zero-order chi connectivity index (χ0) is 32.7. The van der Waals surface area contributed by atoms with Gasteiger partial charge >= 0.3 is 6.18 Å². The van der Waals surface area contributed by atoms with Crippen molar-refractivity contribution in [3.8, 4) is 11.8 Å². The second kappa shape index (κ2) is 12.6. The Morgan fingerprint density at radius 2 is 1.85 bits per heavy atom. The Hall–Kier alpha value is -4.47. The molecule has 2 amide bonds. The van der Waals surface area contributed by atoms with Crippen LogP contribution < -0.4 is 5.32 Å². The lowest BCUT2D eigenvalue weighted by Gasteiger charge is -2.30. The van der Waals surface area contributed by atoms with E-state index in [4.69, 9.17) is 0 Å². The zero-order valence-corrected chi connectivity index (χ0v) is 26.6. The molecule has 1 fully saturated rings. The number of rotatable bonds is 6. The van der Waals surface area contributed by atoms with Crippen molar-refractivity contribution in [3.63, 3.8) is 0 Å². The Bertz CT molecular complexity index is 1870. The van der Waals surface area contributed by atoms with Crippen LogP contribution in [0, 0.1) is 17.8 Å². The van der Waals surface area contributed by atoms with Gasteiger partial charge < -0.3 is 9.47 Å². The summed E-state index contributed by atoms with van der Waals surface area (Å²) in [5, 5.41) is 4.74. The van der Waals surface area contributed by atoms with Crippen molar-refractivity contribution in [3.05, 3.63) is 99.1 Å². The number of halogens is 3. The van der Waals surface area contributed by atoms with Gasteiger partial charge in [0.15, 0.2) is 11.2 Å². The number of hydrogen-bond acceptors (Lipinski definition) is 6. The number of anilines is 1. The van der Waals surface area contributed by atoms with E-state index < -0.39 is 36.1 Å². The molecule has 2 aromatic carbocycles. The van der Waals surface area contributed by atoms with E-state index in [9.17, 15) is 22.8 Å². The van der Waals surface area contributed by atoms with Crippen molar-refractivity contribution in [2.24, 2.45) is 5.92 Å². The van der Waals surface area contributed by atoms with Gasteiger partial charge in [-0.2, -0.15) is 13.2 Å². The highest BCUT2D eigenvalue weighted by molar-refractivity contribution is 7.13. The largest absolute Gasteiger partial charge is 0.416 e. The summed E-state index contributed by atoms with van der Waals surface area (Å²) in [5.41, 5.74) is 1.84.